The van der Waals surface area contributed by atoms with E-state index in [2.05, 4.69) is 21.2 Å². The molecular formula is C15H12BrNO3. The van der Waals surface area contributed by atoms with E-state index in [0.717, 1.165) is 0 Å². The molecular weight excluding hydrogens is 322 g/mol. The lowest BCUT2D eigenvalue weighted by atomic mass is 10.1. The monoisotopic (exact) mass is 333 g/mol. The van der Waals surface area contributed by atoms with Gasteiger partial charge in [0, 0.05) is 11.3 Å². The third-order valence-electron chi connectivity index (χ3n) is 2.53. The van der Waals surface area contributed by atoms with Gasteiger partial charge in [0.1, 0.15) is 5.75 Å². The molecule has 0 aliphatic heterocycles. The van der Waals surface area contributed by atoms with Crippen molar-refractivity contribution in [1.29, 1.82) is 0 Å². The van der Waals surface area contributed by atoms with Crippen molar-refractivity contribution in [3.63, 3.8) is 0 Å². The summed E-state index contributed by atoms with van der Waals surface area (Å²) in [7, 11) is 0. The highest BCUT2D eigenvalue weighted by Gasteiger charge is 2.06. The second kappa shape index (κ2) is 6.86. The number of ketones is 1. The maximum absolute atomic E-state index is 11.6. The van der Waals surface area contributed by atoms with Crippen molar-refractivity contribution in [1.82, 2.24) is 0 Å². The fraction of sp³-hybridized carbons (Fsp3) is 0.0667. The molecule has 0 aliphatic rings. The second-order valence-corrected chi connectivity index (χ2v) is 4.52. The molecule has 2 aromatic carbocycles. The minimum atomic E-state index is -0.573. The van der Waals surface area contributed by atoms with Crippen molar-refractivity contribution < 1.29 is 14.3 Å². The van der Waals surface area contributed by atoms with Crippen LogP contribution in [0, 0.1) is 0 Å². The predicted molar refractivity (Wildman–Crippen MR) is 80.7 cm³/mol. The smallest absolute Gasteiger partial charge is 0.410 e. The Hall–Kier alpha value is -2.14. The Bertz CT molecular complexity index is 596. The van der Waals surface area contributed by atoms with Crippen LogP contribution in [0.5, 0.6) is 5.75 Å². The first-order chi connectivity index (χ1) is 9.69. The molecule has 4 nitrogen and oxygen atoms in total. The number of alkyl halides is 1. The molecule has 0 fully saturated rings. The highest BCUT2D eigenvalue weighted by atomic mass is 79.9. The van der Waals surface area contributed by atoms with E-state index < -0.39 is 6.09 Å². The number of hydrogen-bond donors (Lipinski definition) is 1. The number of carbonyl (C=O) groups excluding carboxylic acids is 2. The van der Waals surface area contributed by atoms with Crippen LogP contribution < -0.4 is 10.1 Å². The third kappa shape index (κ3) is 3.93. The summed E-state index contributed by atoms with van der Waals surface area (Å²) in [5.41, 5.74) is 1.15. The van der Waals surface area contributed by atoms with Crippen LogP contribution in [0.3, 0.4) is 0 Å². The Balaban J connectivity index is 1.96. The number of carbonyl (C=O) groups is 2. The summed E-state index contributed by atoms with van der Waals surface area (Å²) in [4.78, 5) is 23.1. The van der Waals surface area contributed by atoms with Crippen LogP contribution in [0.4, 0.5) is 10.5 Å². The Kier molecular flexibility index (Phi) is 4.90. The lowest BCUT2D eigenvalue weighted by molar-refractivity contribution is 0.102. The standard InChI is InChI=1S/C15H12BrNO3/c16-10-14(18)11-6-8-12(9-7-11)17-15(19)20-13-4-2-1-3-5-13/h1-9H,10H2,(H,17,19). The van der Waals surface area contributed by atoms with E-state index in [1.807, 2.05) is 6.07 Å². The number of benzene rings is 2. The zero-order chi connectivity index (χ0) is 14.4. The molecule has 0 spiro atoms. The van der Waals surface area contributed by atoms with Gasteiger partial charge in [0.2, 0.25) is 0 Å². The predicted octanol–water partition coefficient (Wildman–Crippen LogP) is 3.88. The molecule has 0 atom stereocenters. The normalized spacial score (nSPS) is 9.85. The van der Waals surface area contributed by atoms with E-state index in [0.29, 0.717) is 17.0 Å². The van der Waals surface area contributed by atoms with Gasteiger partial charge in [-0.05, 0) is 36.4 Å². The van der Waals surface area contributed by atoms with E-state index >= 15 is 0 Å². The van der Waals surface area contributed by atoms with E-state index in [9.17, 15) is 9.59 Å². The van der Waals surface area contributed by atoms with Gasteiger partial charge in [-0.1, -0.05) is 34.1 Å². The number of hydrogen-bond acceptors (Lipinski definition) is 3. The summed E-state index contributed by atoms with van der Waals surface area (Å²) >= 11 is 3.11. The van der Waals surface area contributed by atoms with Crippen LogP contribution in [0.1, 0.15) is 10.4 Å². The minimum Gasteiger partial charge on any atom is -0.410 e. The number of amides is 1. The van der Waals surface area contributed by atoms with Gasteiger partial charge in [0.05, 0.1) is 5.33 Å². The molecule has 5 heteroatoms. The lowest BCUT2D eigenvalue weighted by Gasteiger charge is -2.06. The number of Topliss-reactive ketones (excluding diaryl/α,β-unsaturated/α-hetero) is 1. The zero-order valence-electron chi connectivity index (χ0n) is 10.5. The van der Waals surface area contributed by atoms with Gasteiger partial charge >= 0.3 is 6.09 Å². The van der Waals surface area contributed by atoms with Crippen LogP contribution >= 0.6 is 15.9 Å². The zero-order valence-corrected chi connectivity index (χ0v) is 12.1. The first-order valence-electron chi connectivity index (χ1n) is 5.92. The molecule has 0 radical (unpaired) electrons. The Labute approximate surface area is 124 Å². The average Bonchev–Trinajstić information content (AvgIpc) is 2.48. The van der Waals surface area contributed by atoms with E-state index in [-0.39, 0.29) is 11.1 Å². The van der Waals surface area contributed by atoms with Crippen molar-refractivity contribution in [2.45, 2.75) is 0 Å². The molecule has 2 rings (SSSR count). The topological polar surface area (TPSA) is 55.4 Å². The summed E-state index contributed by atoms with van der Waals surface area (Å²) in [6, 6.07) is 15.4. The lowest BCUT2D eigenvalue weighted by Crippen LogP contribution is -2.16. The van der Waals surface area contributed by atoms with Gasteiger partial charge < -0.3 is 4.74 Å². The maximum atomic E-state index is 11.6. The molecule has 1 amide bonds. The quantitative estimate of drug-likeness (QED) is 0.682. The van der Waals surface area contributed by atoms with E-state index in [1.165, 1.54) is 0 Å². The van der Waals surface area contributed by atoms with Crippen LogP contribution in [-0.2, 0) is 0 Å². The van der Waals surface area contributed by atoms with E-state index in [4.69, 9.17) is 4.74 Å². The van der Waals surface area contributed by atoms with Crippen molar-refractivity contribution in [3.05, 3.63) is 60.2 Å². The molecule has 0 saturated carbocycles. The van der Waals surface area contributed by atoms with Crippen LogP contribution in [0.25, 0.3) is 0 Å². The van der Waals surface area contributed by atoms with Gasteiger partial charge in [-0.2, -0.15) is 0 Å². The molecule has 1 N–H and O–H groups in total. The van der Waals surface area contributed by atoms with Crippen molar-refractivity contribution in [3.8, 4) is 5.75 Å². The number of ether oxygens (including phenoxy) is 1. The van der Waals surface area contributed by atoms with Gasteiger partial charge in [0.25, 0.3) is 0 Å². The largest absolute Gasteiger partial charge is 0.417 e. The summed E-state index contributed by atoms with van der Waals surface area (Å²) in [6.45, 7) is 0. The molecule has 2 aromatic rings. The summed E-state index contributed by atoms with van der Waals surface area (Å²) in [5, 5.41) is 2.86. The van der Waals surface area contributed by atoms with Crippen molar-refractivity contribution >= 4 is 33.5 Å². The number of nitrogens with one attached hydrogen (secondary N) is 1. The molecule has 0 bridgehead atoms. The van der Waals surface area contributed by atoms with Crippen LogP contribution in [0.2, 0.25) is 0 Å². The fourth-order valence-electron chi connectivity index (χ4n) is 1.56. The van der Waals surface area contributed by atoms with Gasteiger partial charge in [0.15, 0.2) is 5.78 Å². The average molecular weight is 334 g/mol. The third-order valence-corrected chi connectivity index (χ3v) is 3.04. The number of anilines is 1. The Morgan fingerprint density at radius 3 is 2.25 bits per heavy atom. The molecule has 0 unspecified atom stereocenters. The highest BCUT2D eigenvalue weighted by molar-refractivity contribution is 9.09. The Morgan fingerprint density at radius 2 is 1.65 bits per heavy atom. The minimum absolute atomic E-state index is 0.0107. The number of halogens is 1. The molecule has 20 heavy (non-hydrogen) atoms. The molecule has 0 saturated heterocycles. The summed E-state index contributed by atoms with van der Waals surface area (Å²) < 4.78 is 5.09. The molecule has 0 aromatic heterocycles. The second-order valence-electron chi connectivity index (χ2n) is 3.96. The highest BCUT2D eigenvalue weighted by Crippen LogP contribution is 2.13. The Morgan fingerprint density at radius 1 is 1.00 bits per heavy atom. The number of para-hydroxylation sites is 1. The van der Waals surface area contributed by atoms with Crippen LogP contribution in [0.15, 0.2) is 54.6 Å². The first-order valence-corrected chi connectivity index (χ1v) is 7.04. The molecule has 102 valence electrons. The van der Waals surface area contributed by atoms with Gasteiger partial charge in [-0.25, -0.2) is 4.79 Å². The van der Waals surface area contributed by atoms with Crippen LogP contribution in [-0.4, -0.2) is 17.2 Å². The van der Waals surface area contributed by atoms with Crippen molar-refractivity contribution in [2.24, 2.45) is 0 Å². The fourth-order valence-corrected chi connectivity index (χ4v) is 1.88. The summed E-state index contributed by atoms with van der Waals surface area (Å²) in [5.74, 6) is 0.458. The summed E-state index contributed by atoms with van der Waals surface area (Å²) in [6.07, 6.45) is -0.573. The molecule has 0 heterocycles. The molecule has 0 aliphatic carbocycles. The SMILES string of the molecule is O=C(Nc1ccc(C(=O)CBr)cc1)Oc1ccccc1. The maximum Gasteiger partial charge on any atom is 0.417 e. The first kappa shape index (κ1) is 14.3. The number of rotatable bonds is 4. The van der Waals surface area contributed by atoms with Gasteiger partial charge in [-0.3, -0.25) is 10.1 Å². The van der Waals surface area contributed by atoms with E-state index in [1.54, 1.807) is 48.5 Å². The van der Waals surface area contributed by atoms with Gasteiger partial charge in [-0.15, -0.1) is 0 Å². The van der Waals surface area contributed by atoms with Crippen molar-refractivity contribution in [2.75, 3.05) is 10.6 Å².